The second kappa shape index (κ2) is 5.04. The highest BCUT2D eigenvalue weighted by molar-refractivity contribution is 7.81. The lowest BCUT2D eigenvalue weighted by Gasteiger charge is -1.97. The molecule has 0 rings (SSSR count). The third-order valence-corrected chi connectivity index (χ3v) is 0.367. The molecule has 0 atom stereocenters. The molecule has 0 aromatic carbocycles. The van der Waals surface area contributed by atoms with Gasteiger partial charge in [0.25, 0.3) is 0 Å². The molecule has 0 spiro atoms. The minimum Gasteiger partial charge on any atom is -0.212 e. The van der Waals surface area contributed by atoms with Crippen LogP contribution in [-0.4, -0.2) is 14.6 Å². The zero-order valence-corrected chi connectivity index (χ0v) is 6.26. The van der Waals surface area contributed by atoms with Crippen LogP contribution < -0.4 is 0 Å². The minimum absolute atomic E-state index is 1.12. The highest BCUT2D eigenvalue weighted by Gasteiger charge is 2.34. The molecular formula is C3HF7O2S. The lowest BCUT2D eigenvalue weighted by atomic mass is 10.6. The summed E-state index contributed by atoms with van der Waals surface area (Å²) in [4.78, 5) is 0. The van der Waals surface area contributed by atoms with E-state index in [0.717, 1.165) is 0 Å². The van der Waals surface area contributed by atoms with Gasteiger partial charge in [0.2, 0.25) is 5.83 Å². The molecule has 0 heterocycles. The maximum atomic E-state index is 11.0. The first kappa shape index (κ1) is 14.7. The molecule has 0 amide bonds. The fourth-order valence-electron chi connectivity index (χ4n) is 0.0619. The highest BCUT2D eigenvalue weighted by atomic mass is 32.3. The molecule has 0 unspecified atom stereocenters. The minimum atomic E-state index is -5.67. The number of halogens is 7. The van der Waals surface area contributed by atoms with Gasteiger partial charge < -0.3 is 0 Å². The van der Waals surface area contributed by atoms with E-state index in [-0.39, 0.29) is 0 Å². The Kier molecular flexibility index (Phi) is 5.71. The maximum absolute atomic E-state index is 11.0. The van der Waals surface area contributed by atoms with Crippen LogP contribution >= 0.6 is 0 Å². The van der Waals surface area contributed by atoms with Gasteiger partial charge >= 0.3 is 16.8 Å². The van der Waals surface area contributed by atoms with Crippen LogP contribution in [0.15, 0.2) is 12.2 Å². The molecule has 0 saturated heterocycles. The predicted molar refractivity (Wildman–Crippen MR) is 27.5 cm³/mol. The van der Waals surface area contributed by atoms with Crippen molar-refractivity contribution in [2.45, 2.75) is 6.18 Å². The fourth-order valence-corrected chi connectivity index (χ4v) is 0.0619. The van der Waals surface area contributed by atoms with Crippen LogP contribution in [0.5, 0.6) is 0 Å². The van der Waals surface area contributed by atoms with E-state index in [1.807, 2.05) is 0 Å². The Labute approximate surface area is 68.2 Å². The third-order valence-electron chi connectivity index (χ3n) is 0.367. The summed E-state index contributed by atoms with van der Waals surface area (Å²) >= 11 is 0. The van der Waals surface area contributed by atoms with E-state index < -0.39 is 28.9 Å². The summed E-state index contributed by atoms with van der Waals surface area (Å²) in [5.41, 5.74) is 0. The van der Waals surface area contributed by atoms with Crippen molar-refractivity contribution in [3.05, 3.63) is 12.2 Å². The molecule has 2 nitrogen and oxygen atoms in total. The Morgan fingerprint density at radius 3 is 1.38 bits per heavy atom. The van der Waals surface area contributed by atoms with Gasteiger partial charge in [-0.05, 0) is 0 Å². The lowest BCUT2D eigenvalue weighted by molar-refractivity contribution is -0.109. The van der Waals surface area contributed by atoms with Crippen molar-refractivity contribution in [2.24, 2.45) is 0 Å². The van der Waals surface area contributed by atoms with Crippen LogP contribution in [0.1, 0.15) is 0 Å². The summed E-state index contributed by atoms with van der Waals surface area (Å²) in [7, 11) is -5.67. The van der Waals surface area contributed by atoms with Crippen LogP contribution in [-0.2, 0) is 10.6 Å². The summed E-state index contributed by atoms with van der Waals surface area (Å²) in [6.45, 7) is 0. The summed E-state index contributed by atoms with van der Waals surface area (Å²) in [5.74, 6) is -2.71. The Morgan fingerprint density at radius 2 is 1.38 bits per heavy atom. The predicted octanol–water partition coefficient (Wildman–Crippen LogP) is 2.50. The zero-order valence-electron chi connectivity index (χ0n) is 5.45. The van der Waals surface area contributed by atoms with Gasteiger partial charge in [-0.2, -0.15) is 26.0 Å². The number of hydrogen-bond acceptors (Lipinski definition) is 2. The summed E-state index contributed by atoms with van der Waals surface area (Å²) in [6, 6.07) is 0. The molecule has 0 aromatic rings. The molecule has 0 aliphatic carbocycles. The SMILES string of the molecule is FC=C(F)C(F)(F)F.O=S(=O)(F)F. The third kappa shape index (κ3) is 18.3. The van der Waals surface area contributed by atoms with Crippen molar-refractivity contribution in [3.8, 4) is 0 Å². The summed E-state index contributed by atoms with van der Waals surface area (Å²) in [6.07, 6.45) is -6.30. The molecule has 10 heteroatoms. The Bertz CT molecular complexity index is 254. The second-order valence-electron chi connectivity index (χ2n) is 1.33. The molecule has 0 bridgehead atoms. The number of allylic oxidation sites excluding steroid dienone is 1. The van der Waals surface area contributed by atoms with Gasteiger partial charge in [-0.25, -0.2) is 4.39 Å². The van der Waals surface area contributed by atoms with E-state index in [9.17, 15) is 29.7 Å². The normalized spacial score (nSPS) is 13.3. The largest absolute Gasteiger partial charge is 0.476 e. The summed E-state index contributed by atoms with van der Waals surface area (Å²) in [5, 5.41) is 0. The van der Waals surface area contributed by atoms with E-state index in [1.165, 1.54) is 0 Å². The van der Waals surface area contributed by atoms with Crippen LogP contribution in [0.2, 0.25) is 0 Å². The van der Waals surface area contributed by atoms with Crippen molar-refractivity contribution in [1.29, 1.82) is 0 Å². The maximum Gasteiger partial charge on any atom is 0.476 e. The number of rotatable bonds is 0. The molecule has 80 valence electrons. The summed E-state index contributed by atoms with van der Waals surface area (Å²) < 4.78 is 90.5. The topological polar surface area (TPSA) is 34.1 Å². The average Bonchev–Trinajstić information content (AvgIpc) is 1.80. The van der Waals surface area contributed by atoms with E-state index in [0.29, 0.717) is 0 Å². The van der Waals surface area contributed by atoms with E-state index in [1.54, 1.807) is 0 Å². The van der Waals surface area contributed by atoms with Gasteiger partial charge in [-0.3, -0.25) is 0 Å². The Balaban J connectivity index is 0. The first-order valence-electron chi connectivity index (χ1n) is 2.15. The van der Waals surface area contributed by atoms with Crippen LogP contribution in [0.3, 0.4) is 0 Å². The Morgan fingerprint density at radius 1 is 1.15 bits per heavy atom. The fraction of sp³-hybridized carbons (Fsp3) is 0.333. The molecule has 0 aliphatic heterocycles. The van der Waals surface area contributed by atoms with Gasteiger partial charge in [0.05, 0.1) is 0 Å². The first-order valence-corrected chi connectivity index (χ1v) is 3.44. The van der Waals surface area contributed by atoms with Crippen molar-refractivity contribution in [3.63, 3.8) is 0 Å². The van der Waals surface area contributed by atoms with Gasteiger partial charge in [-0.15, -0.1) is 0 Å². The number of alkyl halides is 3. The van der Waals surface area contributed by atoms with Crippen molar-refractivity contribution >= 4 is 10.6 Å². The molecule has 0 fully saturated rings. The molecular weight excluding hydrogens is 233 g/mol. The van der Waals surface area contributed by atoms with E-state index >= 15 is 0 Å². The monoisotopic (exact) mass is 234 g/mol. The highest BCUT2D eigenvalue weighted by Crippen LogP contribution is 2.25. The molecule has 0 N–H and O–H groups in total. The van der Waals surface area contributed by atoms with Gasteiger partial charge in [-0.1, -0.05) is 7.77 Å². The van der Waals surface area contributed by atoms with Gasteiger partial charge in [0, 0.05) is 0 Å². The quantitative estimate of drug-likeness (QED) is 0.476. The lowest BCUT2D eigenvalue weighted by Crippen LogP contribution is -2.06. The van der Waals surface area contributed by atoms with Crippen LogP contribution in [0, 0.1) is 0 Å². The average molecular weight is 234 g/mol. The first-order chi connectivity index (χ1) is 5.48. The molecule has 0 aliphatic rings. The van der Waals surface area contributed by atoms with Gasteiger partial charge in [0.1, 0.15) is 6.33 Å². The molecule has 0 aromatic heterocycles. The molecule has 0 radical (unpaired) electrons. The second-order valence-corrected chi connectivity index (χ2v) is 2.09. The van der Waals surface area contributed by atoms with E-state index in [2.05, 4.69) is 0 Å². The smallest absolute Gasteiger partial charge is 0.212 e. The standard InChI is InChI=1S/C3HF5.F2O2S/c4-1-2(5)3(6,7)8;1-5(2,3)4/h1H;. The molecule has 0 saturated carbocycles. The Hall–Kier alpha value is -0.800. The number of hydrogen-bond donors (Lipinski definition) is 0. The van der Waals surface area contributed by atoms with Crippen LogP contribution in [0.25, 0.3) is 0 Å². The van der Waals surface area contributed by atoms with Crippen molar-refractivity contribution in [2.75, 3.05) is 0 Å². The zero-order chi connectivity index (χ0) is 11.3. The van der Waals surface area contributed by atoms with E-state index in [4.69, 9.17) is 8.42 Å². The van der Waals surface area contributed by atoms with Gasteiger partial charge in [0.15, 0.2) is 0 Å². The molecule has 13 heavy (non-hydrogen) atoms. The van der Waals surface area contributed by atoms with Crippen molar-refractivity contribution in [1.82, 2.24) is 0 Å². The van der Waals surface area contributed by atoms with Crippen LogP contribution in [0.4, 0.5) is 29.7 Å². The van der Waals surface area contributed by atoms with Crippen molar-refractivity contribution < 1.29 is 38.1 Å².